The van der Waals surface area contributed by atoms with Crippen LogP contribution in [0.15, 0.2) is 54.6 Å². The largest absolute Gasteiger partial charge is 0.192 e. The Hall–Kier alpha value is -2.07. The van der Waals surface area contributed by atoms with E-state index in [4.69, 9.17) is 5.26 Å². The summed E-state index contributed by atoms with van der Waals surface area (Å²) in [7, 11) is 0. The van der Waals surface area contributed by atoms with Gasteiger partial charge in [-0.25, -0.2) is 0 Å². The Labute approximate surface area is 145 Å². The minimum absolute atomic E-state index is 0.0747. The summed E-state index contributed by atoms with van der Waals surface area (Å²) in [4.78, 5) is 0. The Balaban J connectivity index is 1.78. The van der Waals surface area contributed by atoms with Gasteiger partial charge in [0.1, 0.15) is 0 Å². The summed E-state index contributed by atoms with van der Waals surface area (Å²) in [5.74, 6) is 4.52. The fourth-order valence-corrected chi connectivity index (χ4v) is 5.22. The SMILES string of the molecule is CC1(C)[C](c2ccccc2)C2CCCC2[C]1c1ccc(C#N)cc1. The Bertz CT molecular complexity index is 751. The van der Waals surface area contributed by atoms with Gasteiger partial charge in [-0.1, -0.05) is 62.7 Å². The average molecular weight is 313 g/mol. The number of benzene rings is 2. The van der Waals surface area contributed by atoms with Gasteiger partial charge in [0, 0.05) is 11.8 Å². The molecule has 0 aromatic heterocycles. The lowest BCUT2D eigenvalue weighted by Gasteiger charge is -2.35. The number of nitrogens with zero attached hydrogens (tertiary/aromatic N) is 1. The minimum atomic E-state index is 0.0747. The molecule has 0 N–H and O–H groups in total. The van der Waals surface area contributed by atoms with E-state index >= 15 is 0 Å². The van der Waals surface area contributed by atoms with E-state index in [1.165, 1.54) is 30.4 Å². The van der Waals surface area contributed by atoms with Crippen LogP contribution < -0.4 is 0 Å². The van der Waals surface area contributed by atoms with Gasteiger partial charge in [0.05, 0.1) is 11.6 Å². The highest BCUT2D eigenvalue weighted by Gasteiger charge is 2.57. The molecule has 2 aliphatic carbocycles. The molecule has 4 rings (SSSR count). The first-order valence-electron chi connectivity index (χ1n) is 8.93. The van der Waals surface area contributed by atoms with Gasteiger partial charge in [-0.15, -0.1) is 0 Å². The number of fused-ring (bicyclic) bond motifs is 1. The Kier molecular flexibility index (Phi) is 3.72. The fraction of sp³-hybridized carbons (Fsp3) is 0.348. The second kappa shape index (κ2) is 5.78. The molecule has 120 valence electrons. The highest BCUT2D eigenvalue weighted by Crippen LogP contribution is 2.65. The van der Waals surface area contributed by atoms with Crippen molar-refractivity contribution >= 4 is 0 Å². The predicted molar refractivity (Wildman–Crippen MR) is 96.9 cm³/mol. The van der Waals surface area contributed by atoms with Crippen LogP contribution in [0.1, 0.15) is 49.8 Å². The zero-order valence-electron chi connectivity index (χ0n) is 14.4. The second-order valence-electron chi connectivity index (χ2n) is 7.65. The fourth-order valence-electron chi connectivity index (χ4n) is 5.22. The summed E-state index contributed by atoms with van der Waals surface area (Å²) < 4.78 is 0. The third-order valence-electron chi connectivity index (χ3n) is 6.01. The zero-order chi connectivity index (χ0) is 16.7. The lowest BCUT2D eigenvalue weighted by molar-refractivity contribution is 0.436. The van der Waals surface area contributed by atoms with Crippen molar-refractivity contribution in [3.8, 4) is 6.07 Å². The summed E-state index contributed by atoms with van der Waals surface area (Å²) in [6.45, 7) is 4.78. The number of rotatable bonds is 2. The second-order valence-corrected chi connectivity index (χ2v) is 7.65. The Morgan fingerprint density at radius 3 is 1.92 bits per heavy atom. The van der Waals surface area contributed by atoms with Crippen LogP contribution in [-0.2, 0) is 0 Å². The lowest BCUT2D eigenvalue weighted by atomic mass is 9.68. The molecule has 1 heteroatoms. The van der Waals surface area contributed by atoms with E-state index < -0.39 is 0 Å². The van der Waals surface area contributed by atoms with Crippen molar-refractivity contribution in [2.45, 2.75) is 33.1 Å². The number of nitriles is 1. The molecule has 2 aliphatic rings. The van der Waals surface area contributed by atoms with Crippen LogP contribution in [0.5, 0.6) is 0 Å². The first-order chi connectivity index (χ1) is 11.6. The van der Waals surface area contributed by atoms with Gasteiger partial charge in [0.2, 0.25) is 0 Å². The number of hydrogen-bond donors (Lipinski definition) is 0. The average Bonchev–Trinajstić information content (AvgIpc) is 3.12. The maximum absolute atomic E-state index is 9.08. The quantitative estimate of drug-likeness (QED) is 0.712. The molecular formula is C23H23N. The molecule has 0 aliphatic heterocycles. The monoisotopic (exact) mass is 313 g/mol. The molecular weight excluding hydrogens is 290 g/mol. The van der Waals surface area contributed by atoms with Crippen molar-refractivity contribution in [1.29, 1.82) is 5.26 Å². The van der Waals surface area contributed by atoms with Gasteiger partial charge < -0.3 is 0 Å². The third-order valence-corrected chi connectivity index (χ3v) is 6.01. The van der Waals surface area contributed by atoms with Gasteiger partial charge in [-0.2, -0.15) is 5.26 Å². The van der Waals surface area contributed by atoms with Gasteiger partial charge in [-0.05, 0) is 53.4 Å². The molecule has 0 amide bonds. The molecule has 24 heavy (non-hydrogen) atoms. The van der Waals surface area contributed by atoms with Crippen molar-refractivity contribution in [1.82, 2.24) is 0 Å². The molecule has 0 spiro atoms. The van der Waals surface area contributed by atoms with Crippen molar-refractivity contribution < 1.29 is 0 Å². The summed E-state index contributed by atoms with van der Waals surface area (Å²) in [6, 6.07) is 21.4. The third kappa shape index (κ3) is 2.28. The van der Waals surface area contributed by atoms with E-state index in [9.17, 15) is 0 Å². The number of hydrogen-bond acceptors (Lipinski definition) is 1. The van der Waals surface area contributed by atoms with Crippen LogP contribution in [-0.4, -0.2) is 0 Å². The van der Waals surface area contributed by atoms with E-state index in [0.29, 0.717) is 11.8 Å². The van der Waals surface area contributed by atoms with Crippen LogP contribution in [0.4, 0.5) is 0 Å². The first-order valence-corrected chi connectivity index (χ1v) is 8.93. The first kappa shape index (κ1) is 15.5. The summed E-state index contributed by atoms with van der Waals surface area (Å²) in [6.07, 6.45) is 3.92. The maximum atomic E-state index is 9.08. The maximum Gasteiger partial charge on any atom is 0.0991 e. The van der Waals surface area contributed by atoms with E-state index in [1.807, 2.05) is 12.1 Å². The molecule has 0 bridgehead atoms. The van der Waals surface area contributed by atoms with Crippen molar-refractivity contribution in [2.24, 2.45) is 17.3 Å². The molecule has 2 atom stereocenters. The molecule has 2 fully saturated rings. The normalized spacial score (nSPS) is 26.2. The molecule has 0 heterocycles. The van der Waals surface area contributed by atoms with Gasteiger partial charge >= 0.3 is 0 Å². The predicted octanol–water partition coefficient (Wildman–Crippen LogP) is 5.56. The summed E-state index contributed by atoms with van der Waals surface area (Å²) in [5.41, 5.74) is 3.54. The minimum Gasteiger partial charge on any atom is -0.192 e. The molecule has 0 saturated heterocycles. The zero-order valence-corrected chi connectivity index (χ0v) is 14.4. The smallest absolute Gasteiger partial charge is 0.0991 e. The Morgan fingerprint density at radius 1 is 0.833 bits per heavy atom. The van der Waals surface area contributed by atoms with E-state index in [-0.39, 0.29) is 5.41 Å². The van der Waals surface area contributed by atoms with Crippen LogP contribution in [0.3, 0.4) is 0 Å². The van der Waals surface area contributed by atoms with E-state index in [1.54, 1.807) is 11.8 Å². The van der Waals surface area contributed by atoms with Crippen molar-refractivity contribution in [3.05, 3.63) is 83.1 Å². The van der Waals surface area contributed by atoms with Crippen molar-refractivity contribution in [3.63, 3.8) is 0 Å². The summed E-state index contributed by atoms with van der Waals surface area (Å²) in [5, 5.41) is 9.08. The summed E-state index contributed by atoms with van der Waals surface area (Å²) >= 11 is 0. The lowest BCUT2D eigenvalue weighted by Crippen LogP contribution is -2.26. The van der Waals surface area contributed by atoms with Gasteiger partial charge in [-0.3, -0.25) is 0 Å². The standard InChI is InChI=1S/C23H23N/c1-23(2)21(17-7-4-3-5-8-17)19-9-6-10-20(19)22(23)18-13-11-16(15-24)12-14-18/h3-5,7-8,11-14,19-20H,6,9-10H2,1-2H3. The molecule has 2 aromatic rings. The molecule has 2 aromatic carbocycles. The Morgan fingerprint density at radius 2 is 1.38 bits per heavy atom. The van der Waals surface area contributed by atoms with Gasteiger partial charge in [0.15, 0.2) is 0 Å². The topological polar surface area (TPSA) is 23.8 Å². The van der Waals surface area contributed by atoms with E-state index in [0.717, 1.165) is 5.56 Å². The molecule has 1 nitrogen and oxygen atoms in total. The van der Waals surface area contributed by atoms with Crippen LogP contribution in [0.25, 0.3) is 0 Å². The van der Waals surface area contributed by atoms with Gasteiger partial charge in [0.25, 0.3) is 0 Å². The van der Waals surface area contributed by atoms with Crippen molar-refractivity contribution in [2.75, 3.05) is 0 Å². The van der Waals surface area contributed by atoms with Crippen LogP contribution in [0.2, 0.25) is 0 Å². The molecule has 2 saturated carbocycles. The highest BCUT2D eigenvalue weighted by atomic mass is 14.6. The van der Waals surface area contributed by atoms with Crippen LogP contribution >= 0.6 is 0 Å². The van der Waals surface area contributed by atoms with Crippen LogP contribution in [0, 0.1) is 40.4 Å². The molecule has 2 radical (unpaired) electrons. The highest BCUT2D eigenvalue weighted by molar-refractivity contribution is 5.53. The molecule has 2 unspecified atom stereocenters. The van der Waals surface area contributed by atoms with E-state index in [2.05, 4.69) is 62.4 Å².